The zero-order valence-corrected chi connectivity index (χ0v) is 12.2. The number of pyridine rings is 1. The minimum absolute atomic E-state index is 0.185. The Kier molecular flexibility index (Phi) is 4.98. The van der Waals surface area contributed by atoms with Crippen molar-refractivity contribution in [3.05, 3.63) is 52.4 Å². The van der Waals surface area contributed by atoms with E-state index >= 15 is 0 Å². The molecule has 0 fully saturated rings. The number of hydrogen-bond acceptors (Lipinski definition) is 4. The van der Waals surface area contributed by atoms with Gasteiger partial charge in [0, 0.05) is 16.4 Å². The van der Waals surface area contributed by atoms with Crippen molar-refractivity contribution in [1.82, 2.24) is 4.98 Å². The van der Waals surface area contributed by atoms with E-state index < -0.39 is 12.9 Å². The number of halogens is 2. The lowest BCUT2D eigenvalue weighted by Crippen LogP contribution is -2.33. The molecule has 0 aliphatic rings. The highest BCUT2D eigenvalue weighted by Gasteiger charge is 2.17. The second kappa shape index (κ2) is 6.52. The molecule has 0 aliphatic carbocycles. The Morgan fingerprint density at radius 2 is 2.05 bits per heavy atom. The van der Waals surface area contributed by atoms with Crippen molar-refractivity contribution in [1.29, 1.82) is 0 Å². The number of thioether (sulfide) groups is 1. The van der Waals surface area contributed by atoms with E-state index in [9.17, 15) is 14.4 Å². The molecular formula is C12H10BBrFNO2S. The van der Waals surface area contributed by atoms with E-state index in [2.05, 4.69) is 20.9 Å². The van der Waals surface area contributed by atoms with Gasteiger partial charge in [-0.15, -0.1) is 11.8 Å². The van der Waals surface area contributed by atoms with Gasteiger partial charge in [-0.2, -0.15) is 0 Å². The van der Waals surface area contributed by atoms with E-state index in [1.807, 2.05) is 12.1 Å². The average molecular weight is 342 g/mol. The third-order valence-corrected chi connectivity index (χ3v) is 3.92. The maximum absolute atomic E-state index is 13.1. The summed E-state index contributed by atoms with van der Waals surface area (Å²) in [6, 6.07) is 7.72. The van der Waals surface area contributed by atoms with E-state index in [-0.39, 0.29) is 5.46 Å². The SMILES string of the molecule is OB(O)c1cc(F)ccc1CSc1ccc(Br)cn1. The van der Waals surface area contributed by atoms with Gasteiger partial charge in [0.05, 0.1) is 5.03 Å². The Labute approximate surface area is 123 Å². The number of aromatic nitrogens is 1. The van der Waals surface area contributed by atoms with Crippen molar-refractivity contribution >= 4 is 40.3 Å². The van der Waals surface area contributed by atoms with Crippen LogP contribution in [-0.4, -0.2) is 22.2 Å². The summed E-state index contributed by atoms with van der Waals surface area (Å²) in [7, 11) is -1.68. The summed E-state index contributed by atoms with van der Waals surface area (Å²) in [5.41, 5.74) is 0.857. The fourth-order valence-electron chi connectivity index (χ4n) is 1.54. The van der Waals surface area contributed by atoms with Gasteiger partial charge in [-0.05, 0) is 51.2 Å². The van der Waals surface area contributed by atoms with Crippen LogP contribution in [0.4, 0.5) is 4.39 Å². The van der Waals surface area contributed by atoms with E-state index in [1.54, 1.807) is 12.3 Å². The predicted molar refractivity (Wildman–Crippen MR) is 77.7 cm³/mol. The molecule has 7 heteroatoms. The quantitative estimate of drug-likeness (QED) is 0.659. The molecular weight excluding hydrogens is 332 g/mol. The van der Waals surface area contributed by atoms with Gasteiger partial charge >= 0.3 is 7.12 Å². The molecule has 2 aromatic rings. The van der Waals surface area contributed by atoms with Crippen LogP contribution in [0.1, 0.15) is 5.56 Å². The Balaban J connectivity index is 2.13. The van der Waals surface area contributed by atoms with Crippen LogP contribution in [0.3, 0.4) is 0 Å². The van der Waals surface area contributed by atoms with Gasteiger partial charge in [0.25, 0.3) is 0 Å². The Morgan fingerprint density at radius 3 is 2.68 bits per heavy atom. The Bertz CT molecular complexity index is 568. The van der Waals surface area contributed by atoms with Crippen molar-refractivity contribution in [2.24, 2.45) is 0 Å². The molecule has 0 aliphatic heterocycles. The lowest BCUT2D eigenvalue weighted by molar-refractivity contribution is 0.425. The van der Waals surface area contributed by atoms with E-state index in [4.69, 9.17) is 0 Å². The molecule has 2 N–H and O–H groups in total. The monoisotopic (exact) mass is 341 g/mol. The van der Waals surface area contributed by atoms with Crippen LogP contribution in [0, 0.1) is 5.82 Å². The number of nitrogens with zero attached hydrogens (tertiary/aromatic N) is 1. The molecule has 1 heterocycles. The summed E-state index contributed by atoms with van der Waals surface area (Å²) < 4.78 is 14.0. The third kappa shape index (κ3) is 4.04. The van der Waals surface area contributed by atoms with Crippen molar-refractivity contribution in [3.8, 4) is 0 Å². The molecule has 0 saturated carbocycles. The highest BCUT2D eigenvalue weighted by Crippen LogP contribution is 2.21. The second-order valence-corrected chi connectivity index (χ2v) is 5.73. The topological polar surface area (TPSA) is 53.4 Å². The summed E-state index contributed by atoms with van der Waals surface area (Å²) >= 11 is 4.74. The summed E-state index contributed by atoms with van der Waals surface area (Å²) in [5.74, 6) is 0.000570. The fourth-order valence-corrected chi connectivity index (χ4v) is 2.63. The standard InChI is InChI=1S/C12H10BBrFNO2S/c14-9-2-4-12(16-6-9)19-7-8-1-3-10(15)5-11(8)13(17)18/h1-6,17-18H,7H2. The first-order chi connectivity index (χ1) is 9.06. The van der Waals surface area contributed by atoms with Gasteiger partial charge in [-0.1, -0.05) is 6.07 Å². The average Bonchev–Trinajstić information content (AvgIpc) is 2.39. The molecule has 0 radical (unpaired) electrons. The molecule has 1 aromatic carbocycles. The molecule has 2 rings (SSSR count). The fraction of sp³-hybridized carbons (Fsp3) is 0.0833. The highest BCUT2D eigenvalue weighted by molar-refractivity contribution is 9.10. The molecule has 0 atom stereocenters. The normalized spacial score (nSPS) is 10.5. The molecule has 0 spiro atoms. The zero-order valence-electron chi connectivity index (χ0n) is 9.75. The minimum atomic E-state index is -1.68. The van der Waals surface area contributed by atoms with Crippen LogP contribution in [0.2, 0.25) is 0 Å². The van der Waals surface area contributed by atoms with Crippen LogP contribution in [0.15, 0.2) is 46.0 Å². The third-order valence-electron chi connectivity index (χ3n) is 2.46. The summed E-state index contributed by atoms with van der Waals surface area (Å²) in [4.78, 5) is 4.20. The van der Waals surface area contributed by atoms with E-state index in [0.717, 1.165) is 15.6 Å². The molecule has 3 nitrogen and oxygen atoms in total. The Hall–Kier alpha value is -0.885. The summed E-state index contributed by atoms with van der Waals surface area (Å²) in [6.07, 6.45) is 1.69. The molecule has 0 amide bonds. The van der Waals surface area contributed by atoms with Gasteiger partial charge in [0.15, 0.2) is 0 Å². The van der Waals surface area contributed by atoms with E-state index in [0.29, 0.717) is 11.3 Å². The molecule has 98 valence electrons. The molecule has 0 bridgehead atoms. The summed E-state index contributed by atoms with van der Waals surface area (Å²) in [6.45, 7) is 0. The van der Waals surface area contributed by atoms with Crippen LogP contribution < -0.4 is 5.46 Å². The first-order valence-corrected chi connectivity index (χ1v) is 7.23. The smallest absolute Gasteiger partial charge is 0.423 e. The maximum Gasteiger partial charge on any atom is 0.488 e. The minimum Gasteiger partial charge on any atom is -0.423 e. The molecule has 0 saturated heterocycles. The van der Waals surface area contributed by atoms with Crippen molar-refractivity contribution < 1.29 is 14.4 Å². The molecule has 0 unspecified atom stereocenters. The summed E-state index contributed by atoms with van der Waals surface area (Å²) in [5, 5.41) is 19.3. The number of benzene rings is 1. The van der Waals surface area contributed by atoms with Crippen LogP contribution in [0.25, 0.3) is 0 Å². The van der Waals surface area contributed by atoms with Gasteiger partial charge in [-0.3, -0.25) is 0 Å². The van der Waals surface area contributed by atoms with E-state index in [1.165, 1.54) is 17.8 Å². The predicted octanol–water partition coefficient (Wildman–Crippen LogP) is 1.96. The largest absolute Gasteiger partial charge is 0.488 e. The van der Waals surface area contributed by atoms with Crippen molar-refractivity contribution in [2.75, 3.05) is 0 Å². The van der Waals surface area contributed by atoms with Crippen molar-refractivity contribution in [3.63, 3.8) is 0 Å². The van der Waals surface area contributed by atoms with Gasteiger partial charge in [-0.25, -0.2) is 9.37 Å². The van der Waals surface area contributed by atoms with Crippen LogP contribution >= 0.6 is 27.7 Å². The Morgan fingerprint density at radius 1 is 1.26 bits per heavy atom. The zero-order chi connectivity index (χ0) is 13.8. The lowest BCUT2D eigenvalue weighted by Gasteiger charge is -2.08. The number of hydrogen-bond donors (Lipinski definition) is 2. The van der Waals surface area contributed by atoms with Crippen molar-refractivity contribution in [2.45, 2.75) is 10.8 Å². The maximum atomic E-state index is 13.1. The first kappa shape index (κ1) is 14.5. The number of rotatable bonds is 4. The van der Waals surface area contributed by atoms with Crippen LogP contribution in [-0.2, 0) is 5.75 Å². The second-order valence-electron chi connectivity index (χ2n) is 3.82. The first-order valence-electron chi connectivity index (χ1n) is 5.45. The molecule has 1 aromatic heterocycles. The molecule has 19 heavy (non-hydrogen) atoms. The van der Waals surface area contributed by atoms with Gasteiger partial charge in [0.2, 0.25) is 0 Å². The highest BCUT2D eigenvalue weighted by atomic mass is 79.9. The van der Waals surface area contributed by atoms with Gasteiger partial charge < -0.3 is 10.0 Å². The lowest BCUT2D eigenvalue weighted by atomic mass is 9.77. The van der Waals surface area contributed by atoms with Gasteiger partial charge in [0.1, 0.15) is 5.82 Å². The van der Waals surface area contributed by atoms with Crippen LogP contribution in [0.5, 0.6) is 0 Å².